The molecule has 0 aliphatic carbocycles. The van der Waals surface area contributed by atoms with E-state index in [-0.39, 0.29) is 25.7 Å². The van der Waals surface area contributed by atoms with E-state index in [0.717, 1.165) is 108 Å². The van der Waals surface area contributed by atoms with Crippen LogP contribution in [0.5, 0.6) is 0 Å². The van der Waals surface area contributed by atoms with Gasteiger partial charge in [-0.2, -0.15) is 0 Å². The van der Waals surface area contributed by atoms with Crippen LogP contribution in [-0.2, 0) is 65.4 Å². The van der Waals surface area contributed by atoms with Gasteiger partial charge >= 0.3 is 39.5 Å². The maximum Gasteiger partial charge on any atom is 0.472 e. The molecular formula is C83H162O17P2. The first-order chi connectivity index (χ1) is 49.4. The summed E-state index contributed by atoms with van der Waals surface area (Å²) in [6, 6.07) is 0. The maximum absolute atomic E-state index is 13.1. The first kappa shape index (κ1) is 100. The number of aliphatic hydroxyl groups is 1. The molecule has 0 aromatic rings. The molecule has 3 unspecified atom stereocenters. The molecule has 17 nitrogen and oxygen atoms in total. The van der Waals surface area contributed by atoms with Crippen LogP contribution in [0.2, 0.25) is 0 Å². The van der Waals surface area contributed by atoms with Gasteiger partial charge in [0.2, 0.25) is 0 Å². The fraction of sp³-hybridized carbons (Fsp3) is 0.952. The zero-order valence-corrected chi connectivity index (χ0v) is 68.7. The van der Waals surface area contributed by atoms with Gasteiger partial charge in [-0.1, -0.05) is 388 Å². The number of hydrogen-bond donors (Lipinski definition) is 3. The summed E-state index contributed by atoms with van der Waals surface area (Å²) in [4.78, 5) is 72.8. The van der Waals surface area contributed by atoms with E-state index in [9.17, 15) is 43.2 Å². The van der Waals surface area contributed by atoms with Crippen molar-refractivity contribution in [1.82, 2.24) is 0 Å². The number of esters is 4. The van der Waals surface area contributed by atoms with Gasteiger partial charge < -0.3 is 33.8 Å². The zero-order valence-electron chi connectivity index (χ0n) is 66.9. The number of ether oxygens (including phenoxy) is 4. The first-order valence-electron chi connectivity index (χ1n) is 43.0. The molecule has 0 aromatic heterocycles. The topological polar surface area (TPSA) is 237 Å². The average molecular weight is 1490 g/mol. The third-order valence-corrected chi connectivity index (χ3v) is 21.7. The van der Waals surface area contributed by atoms with Gasteiger partial charge in [-0.15, -0.1) is 0 Å². The Labute approximate surface area is 626 Å². The van der Waals surface area contributed by atoms with Crippen LogP contribution in [0.25, 0.3) is 0 Å². The summed E-state index contributed by atoms with van der Waals surface area (Å²) in [5.41, 5.74) is 0. The van der Waals surface area contributed by atoms with Crippen LogP contribution in [-0.4, -0.2) is 96.7 Å². The van der Waals surface area contributed by atoms with Crippen LogP contribution in [0.1, 0.15) is 440 Å². The van der Waals surface area contributed by atoms with E-state index in [1.807, 2.05) is 0 Å². The van der Waals surface area contributed by atoms with Crippen molar-refractivity contribution in [3.63, 3.8) is 0 Å². The number of rotatable bonds is 82. The van der Waals surface area contributed by atoms with Crippen LogP contribution in [0.3, 0.4) is 0 Å². The third kappa shape index (κ3) is 74.9. The van der Waals surface area contributed by atoms with Crippen molar-refractivity contribution < 1.29 is 80.2 Å². The predicted molar refractivity (Wildman–Crippen MR) is 418 cm³/mol. The highest BCUT2D eigenvalue weighted by atomic mass is 31.2. The molecule has 0 saturated carbocycles. The lowest BCUT2D eigenvalue weighted by molar-refractivity contribution is -0.161. The van der Waals surface area contributed by atoms with Crippen molar-refractivity contribution >= 4 is 39.5 Å². The number of phosphoric acid groups is 2. The van der Waals surface area contributed by atoms with Crippen LogP contribution in [0.15, 0.2) is 0 Å². The zero-order chi connectivity index (χ0) is 74.9. The van der Waals surface area contributed by atoms with Gasteiger partial charge in [-0.05, 0) is 37.5 Å². The van der Waals surface area contributed by atoms with Crippen molar-refractivity contribution in [2.24, 2.45) is 11.8 Å². The van der Waals surface area contributed by atoms with Crippen molar-refractivity contribution in [1.29, 1.82) is 0 Å². The van der Waals surface area contributed by atoms with E-state index in [2.05, 4.69) is 41.5 Å². The van der Waals surface area contributed by atoms with E-state index in [4.69, 9.17) is 37.0 Å². The molecule has 6 atom stereocenters. The Hall–Kier alpha value is -1.94. The SMILES string of the molecule is CCCCCCCCCCCCCCCCCCCCCCC(=O)O[C@H](COC(=O)CCCCCCCCCCCCCCCCCCC(C)C)COP(=O)(O)OC[C@@H](O)COP(=O)(O)OC[C@@H](COC(=O)CCCCCCC)OC(=O)CCCCCCCCCCCCCCCCC(C)CC. The minimum absolute atomic E-state index is 0.107. The molecule has 0 aromatic carbocycles. The Morgan fingerprint density at radius 3 is 0.745 bits per heavy atom. The standard InChI is InChI=1S/C83H162O17P2/c1-7-10-12-14-15-16-17-18-19-20-21-22-23-28-34-39-44-49-55-62-68-83(88)100-79(72-94-81(86)66-60-54-48-43-38-33-27-25-24-26-31-36-41-46-52-57-63-75(4)5)74-98-102(91,92)96-70-77(84)69-95-101(89,90)97-73-78(71-93-80(85)65-59-51-13-11-8-2)99-82(87)67-61-56-50-45-40-35-30-29-32-37-42-47-53-58-64-76(6)9-3/h75-79,84H,7-74H2,1-6H3,(H,89,90)(H,91,92)/t76?,77-,78+,79+/m0/s1. The van der Waals surface area contributed by atoms with Crippen molar-refractivity contribution in [2.75, 3.05) is 39.6 Å². The Morgan fingerprint density at radius 1 is 0.284 bits per heavy atom. The van der Waals surface area contributed by atoms with Crippen molar-refractivity contribution in [3.8, 4) is 0 Å². The second-order valence-electron chi connectivity index (χ2n) is 30.6. The summed E-state index contributed by atoms with van der Waals surface area (Å²) in [5, 5.41) is 10.6. The highest BCUT2D eigenvalue weighted by Crippen LogP contribution is 2.45. The minimum Gasteiger partial charge on any atom is -0.462 e. The predicted octanol–water partition coefficient (Wildman–Crippen LogP) is 25.1. The summed E-state index contributed by atoms with van der Waals surface area (Å²) >= 11 is 0. The third-order valence-electron chi connectivity index (χ3n) is 19.8. The smallest absolute Gasteiger partial charge is 0.462 e. The summed E-state index contributed by atoms with van der Waals surface area (Å²) < 4.78 is 68.6. The van der Waals surface area contributed by atoms with Gasteiger partial charge in [-0.25, -0.2) is 9.13 Å². The van der Waals surface area contributed by atoms with E-state index < -0.39 is 97.5 Å². The summed E-state index contributed by atoms with van der Waals surface area (Å²) in [6.07, 6.45) is 65.7. The number of aliphatic hydroxyl groups excluding tert-OH is 1. The molecule has 0 rings (SSSR count). The number of carbonyl (C=O) groups excluding carboxylic acids is 4. The fourth-order valence-electron chi connectivity index (χ4n) is 12.9. The van der Waals surface area contributed by atoms with E-state index >= 15 is 0 Å². The molecule has 0 spiro atoms. The maximum atomic E-state index is 13.1. The molecule has 606 valence electrons. The normalized spacial score (nSPS) is 14.1. The highest BCUT2D eigenvalue weighted by Gasteiger charge is 2.30. The molecule has 0 amide bonds. The average Bonchev–Trinajstić information content (AvgIpc) is 0.914. The molecule has 0 aliphatic rings. The van der Waals surface area contributed by atoms with E-state index in [1.165, 1.54) is 250 Å². The van der Waals surface area contributed by atoms with E-state index in [0.29, 0.717) is 25.7 Å². The van der Waals surface area contributed by atoms with Crippen LogP contribution in [0, 0.1) is 11.8 Å². The molecule has 0 saturated heterocycles. The Bertz CT molecular complexity index is 1960. The summed E-state index contributed by atoms with van der Waals surface area (Å²) in [6.45, 7) is 9.64. The molecule has 0 fully saturated rings. The largest absolute Gasteiger partial charge is 0.472 e. The van der Waals surface area contributed by atoms with Gasteiger partial charge in [-0.3, -0.25) is 37.3 Å². The molecule has 0 aliphatic heterocycles. The lowest BCUT2D eigenvalue weighted by Gasteiger charge is -2.21. The highest BCUT2D eigenvalue weighted by molar-refractivity contribution is 7.47. The van der Waals surface area contributed by atoms with Crippen molar-refractivity contribution in [3.05, 3.63) is 0 Å². The van der Waals surface area contributed by atoms with Crippen LogP contribution in [0.4, 0.5) is 0 Å². The molecule has 102 heavy (non-hydrogen) atoms. The number of phosphoric ester groups is 2. The molecule has 0 bridgehead atoms. The number of unbranched alkanes of at least 4 members (excludes halogenated alkanes) is 51. The minimum atomic E-state index is -4.96. The van der Waals surface area contributed by atoms with Gasteiger partial charge in [0.05, 0.1) is 26.4 Å². The molecule has 19 heteroatoms. The second kappa shape index (κ2) is 74.5. The van der Waals surface area contributed by atoms with Gasteiger partial charge in [0.15, 0.2) is 12.2 Å². The van der Waals surface area contributed by atoms with Crippen LogP contribution >= 0.6 is 15.6 Å². The molecule has 0 heterocycles. The second-order valence-corrected chi connectivity index (χ2v) is 33.5. The molecule has 3 N–H and O–H groups in total. The molecule has 0 radical (unpaired) electrons. The Kier molecular flexibility index (Phi) is 73.1. The quantitative estimate of drug-likeness (QED) is 0.0222. The van der Waals surface area contributed by atoms with Crippen LogP contribution < -0.4 is 0 Å². The summed E-state index contributed by atoms with van der Waals surface area (Å²) in [5.74, 6) is -0.459. The Morgan fingerprint density at radius 2 is 0.500 bits per heavy atom. The first-order valence-corrected chi connectivity index (χ1v) is 46.0. The van der Waals surface area contributed by atoms with E-state index in [1.54, 1.807) is 0 Å². The lowest BCUT2D eigenvalue weighted by Crippen LogP contribution is -2.30. The molecular weight excluding hydrogens is 1330 g/mol. The fourth-order valence-corrected chi connectivity index (χ4v) is 14.4. The summed E-state index contributed by atoms with van der Waals surface area (Å²) in [7, 11) is -9.91. The van der Waals surface area contributed by atoms with Gasteiger partial charge in [0.1, 0.15) is 19.3 Å². The van der Waals surface area contributed by atoms with Crippen molar-refractivity contribution in [2.45, 2.75) is 458 Å². The Balaban J connectivity index is 5.11. The van der Waals surface area contributed by atoms with Gasteiger partial charge in [0.25, 0.3) is 0 Å². The number of carbonyl (C=O) groups is 4. The van der Waals surface area contributed by atoms with Gasteiger partial charge in [0, 0.05) is 25.7 Å². The number of hydrogen-bond acceptors (Lipinski definition) is 15. The monoisotopic (exact) mass is 1490 g/mol. The lowest BCUT2D eigenvalue weighted by atomic mass is 9.99.